The van der Waals surface area contributed by atoms with Gasteiger partial charge >= 0.3 is 12.1 Å². The number of fused-ring (bicyclic) bond motifs is 1. The Hall–Kier alpha value is -5.07. The molecule has 2 aromatic heterocycles. The SMILES string of the molecule is CNC(=O)Nc1ccc(-c2sc3c(c2CN(C)Cc2ccccc2)c(=O)c(OC(=O)NC(C)C)cn3Cc2c(F)cccc2F)cc1. The van der Waals surface area contributed by atoms with Gasteiger partial charge in [-0.25, -0.2) is 18.4 Å². The van der Waals surface area contributed by atoms with Crippen LogP contribution in [-0.4, -0.2) is 41.7 Å². The molecule has 0 radical (unpaired) electrons. The van der Waals surface area contributed by atoms with Crippen LogP contribution in [0.25, 0.3) is 20.7 Å². The fraction of sp³-hybridized carbons (Fsp3) is 0.229. The fourth-order valence-electron chi connectivity index (χ4n) is 5.18. The number of anilines is 1. The van der Waals surface area contributed by atoms with E-state index >= 15 is 0 Å². The third-order valence-corrected chi connectivity index (χ3v) is 8.65. The lowest BCUT2D eigenvalue weighted by Crippen LogP contribution is -2.34. The molecule has 5 rings (SSSR count). The number of rotatable bonds is 10. The van der Waals surface area contributed by atoms with Crippen molar-refractivity contribution in [3.05, 3.63) is 118 Å². The van der Waals surface area contributed by atoms with Crippen LogP contribution in [0.5, 0.6) is 5.75 Å². The molecule has 3 amide bonds. The number of urea groups is 1. The number of thiophene rings is 1. The number of ether oxygens (including phenoxy) is 1. The number of hydrogen-bond donors (Lipinski definition) is 3. The van der Waals surface area contributed by atoms with E-state index < -0.39 is 23.2 Å². The Bertz CT molecular complexity index is 1940. The lowest BCUT2D eigenvalue weighted by atomic mass is 10.0. The number of benzene rings is 3. The molecule has 0 aliphatic carbocycles. The fourth-order valence-corrected chi connectivity index (χ4v) is 6.47. The van der Waals surface area contributed by atoms with Gasteiger partial charge in [0, 0.05) is 42.3 Å². The second kappa shape index (κ2) is 14.6. The van der Waals surface area contributed by atoms with Gasteiger partial charge in [-0.1, -0.05) is 48.5 Å². The molecule has 0 atom stereocenters. The van der Waals surface area contributed by atoms with Gasteiger partial charge in [0.25, 0.3) is 0 Å². The predicted molar refractivity (Wildman–Crippen MR) is 181 cm³/mol. The molecule has 0 saturated heterocycles. The van der Waals surface area contributed by atoms with Gasteiger partial charge in [-0.2, -0.15) is 0 Å². The molecule has 47 heavy (non-hydrogen) atoms. The third kappa shape index (κ3) is 7.84. The van der Waals surface area contributed by atoms with Gasteiger partial charge in [-0.15, -0.1) is 11.3 Å². The van der Waals surface area contributed by atoms with E-state index in [0.717, 1.165) is 16.0 Å². The maximum absolute atomic E-state index is 14.9. The average molecular weight is 660 g/mol. The van der Waals surface area contributed by atoms with Crippen molar-refractivity contribution in [3.63, 3.8) is 0 Å². The van der Waals surface area contributed by atoms with Crippen LogP contribution in [0.3, 0.4) is 0 Å². The minimum absolute atomic E-state index is 0.197. The van der Waals surface area contributed by atoms with Crippen LogP contribution in [0.1, 0.15) is 30.5 Å². The first-order valence-corrected chi connectivity index (χ1v) is 15.8. The number of nitrogens with zero attached hydrogens (tertiary/aromatic N) is 2. The first-order valence-electron chi connectivity index (χ1n) is 15.0. The monoisotopic (exact) mass is 659 g/mol. The van der Waals surface area contributed by atoms with Crippen LogP contribution in [0.15, 0.2) is 83.8 Å². The van der Waals surface area contributed by atoms with Crippen molar-refractivity contribution in [1.29, 1.82) is 0 Å². The zero-order chi connectivity index (χ0) is 33.7. The van der Waals surface area contributed by atoms with Crippen molar-refractivity contribution in [3.8, 4) is 16.2 Å². The lowest BCUT2D eigenvalue weighted by Gasteiger charge is -2.18. The zero-order valence-corrected chi connectivity index (χ0v) is 27.2. The summed E-state index contributed by atoms with van der Waals surface area (Å²) in [6.07, 6.45) is 0.502. The number of halogens is 2. The highest BCUT2D eigenvalue weighted by Crippen LogP contribution is 2.40. The zero-order valence-electron chi connectivity index (χ0n) is 26.4. The van der Waals surface area contributed by atoms with E-state index in [2.05, 4.69) is 20.9 Å². The van der Waals surface area contributed by atoms with Crippen LogP contribution in [0.2, 0.25) is 0 Å². The Kier molecular flexibility index (Phi) is 10.3. The van der Waals surface area contributed by atoms with E-state index in [0.29, 0.717) is 29.2 Å². The summed E-state index contributed by atoms with van der Waals surface area (Å²) in [5, 5.41) is 8.14. The third-order valence-electron chi connectivity index (χ3n) is 7.33. The normalized spacial score (nSPS) is 11.2. The summed E-state index contributed by atoms with van der Waals surface area (Å²) in [5.41, 5.74) is 2.35. The van der Waals surface area contributed by atoms with Gasteiger partial charge in [0.2, 0.25) is 5.43 Å². The summed E-state index contributed by atoms with van der Waals surface area (Å²) in [6, 6.07) is 20.0. The van der Waals surface area contributed by atoms with Crippen LogP contribution >= 0.6 is 11.3 Å². The molecular weight excluding hydrogens is 624 g/mol. The molecule has 2 heterocycles. The van der Waals surface area contributed by atoms with Crippen molar-refractivity contribution < 1.29 is 23.1 Å². The Balaban J connectivity index is 1.70. The van der Waals surface area contributed by atoms with Crippen LogP contribution in [0, 0.1) is 11.6 Å². The van der Waals surface area contributed by atoms with Crippen LogP contribution in [-0.2, 0) is 19.6 Å². The average Bonchev–Trinajstić information content (AvgIpc) is 3.40. The number of carbonyl (C=O) groups excluding carboxylic acids is 2. The van der Waals surface area contributed by atoms with Gasteiger partial charge in [-0.05, 0) is 61.9 Å². The number of nitrogens with one attached hydrogen (secondary N) is 3. The van der Waals surface area contributed by atoms with Crippen molar-refractivity contribution >= 4 is 39.4 Å². The van der Waals surface area contributed by atoms with E-state index in [4.69, 9.17) is 4.74 Å². The molecule has 0 bridgehead atoms. The highest BCUT2D eigenvalue weighted by Gasteiger charge is 2.25. The minimum Gasteiger partial charge on any atom is -0.405 e. The summed E-state index contributed by atoms with van der Waals surface area (Å²) in [7, 11) is 3.45. The number of carbonyl (C=O) groups is 2. The molecule has 244 valence electrons. The number of amides is 3. The molecule has 12 heteroatoms. The molecule has 3 aromatic carbocycles. The standard InChI is InChI=1S/C35H35F2N5O4S/c1-21(2)39-35(45)46-29-20-42(19-25-27(36)11-8-12-28(25)37)33-30(31(29)43)26(18-41(4)17-22-9-6-5-7-10-22)32(47-33)23-13-15-24(16-14-23)40-34(44)38-3/h5-16,20-21H,17-19H2,1-4H3,(H,39,45)(H2,38,40,44). The van der Waals surface area contributed by atoms with Crippen molar-refractivity contribution in [2.24, 2.45) is 0 Å². The molecule has 0 unspecified atom stereocenters. The van der Waals surface area contributed by atoms with Gasteiger partial charge in [0.05, 0.1) is 18.1 Å². The van der Waals surface area contributed by atoms with Crippen LogP contribution < -0.4 is 26.1 Å². The van der Waals surface area contributed by atoms with Gasteiger partial charge in [0.1, 0.15) is 16.5 Å². The van der Waals surface area contributed by atoms with E-state index in [9.17, 15) is 23.2 Å². The van der Waals surface area contributed by atoms with Gasteiger partial charge in [0.15, 0.2) is 5.75 Å². The molecular formula is C35H35F2N5O4S. The van der Waals surface area contributed by atoms with E-state index in [-0.39, 0.29) is 35.3 Å². The van der Waals surface area contributed by atoms with Crippen molar-refractivity contribution in [2.45, 2.75) is 39.5 Å². The van der Waals surface area contributed by atoms with E-state index in [1.54, 1.807) is 30.5 Å². The number of pyridine rings is 1. The molecule has 0 fully saturated rings. The van der Waals surface area contributed by atoms with Crippen LogP contribution in [0.4, 0.5) is 24.1 Å². The Morgan fingerprint density at radius 2 is 1.62 bits per heavy atom. The second-order valence-corrected chi connectivity index (χ2v) is 12.4. The highest BCUT2D eigenvalue weighted by molar-refractivity contribution is 7.22. The summed E-state index contributed by atoms with van der Waals surface area (Å²) in [5.74, 6) is -1.75. The maximum atomic E-state index is 14.9. The molecule has 5 aromatic rings. The number of hydrogen-bond acceptors (Lipinski definition) is 6. The quantitative estimate of drug-likeness (QED) is 0.151. The summed E-state index contributed by atoms with van der Waals surface area (Å²) >= 11 is 1.30. The molecule has 0 spiro atoms. The van der Waals surface area contributed by atoms with E-state index in [1.165, 1.54) is 42.8 Å². The Labute approximate surface area is 274 Å². The highest BCUT2D eigenvalue weighted by atomic mass is 32.1. The molecule has 9 nitrogen and oxygen atoms in total. The minimum atomic E-state index is -0.822. The molecule has 0 saturated carbocycles. The van der Waals surface area contributed by atoms with E-state index in [1.807, 2.05) is 49.5 Å². The summed E-state index contributed by atoms with van der Waals surface area (Å²) in [6.45, 7) is 4.16. The van der Waals surface area contributed by atoms with Crippen molar-refractivity contribution in [2.75, 3.05) is 19.4 Å². The Morgan fingerprint density at radius 3 is 2.26 bits per heavy atom. The lowest BCUT2D eigenvalue weighted by molar-refractivity contribution is 0.197. The van der Waals surface area contributed by atoms with Gasteiger partial charge in [-0.3, -0.25) is 9.69 Å². The maximum Gasteiger partial charge on any atom is 0.412 e. The Morgan fingerprint density at radius 1 is 0.936 bits per heavy atom. The van der Waals surface area contributed by atoms with Gasteiger partial charge < -0.3 is 25.3 Å². The summed E-state index contributed by atoms with van der Waals surface area (Å²) < 4.78 is 36.9. The largest absolute Gasteiger partial charge is 0.412 e. The second-order valence-electron chi connectivity index (χ2n) is 11.4. The van der Waals surface area contributed by atoms with Crippen molar-refractivity contribution in [1.82, 2.24) is 20.1 Å². The molecule has 0 aliphatic heterocycles. The smallest absolute Gasteiger partial charge is 0.405 e. The molecule has 0 aliphatic rings. The first kappa shape index (κ1) is 33.3. The topological polar surface area (TPSA) is 105 Å². The number of aromatic nitrogens is 1. The predicted octanol–water partition coefficient (Wildman–Crippen LogP) is 6.94. The first-order chi connectivity index (χ1) is 22.5. The molecule has 3 N–H and O–H groups in total. The summed E-state index contributed by atoms with van der Waals surface area (Å²) in [4.78, 5) is 42.0.